The fraction of sp³-hybridized carbons (Fsp3) is 0.281. The summed E-state index contributed by atoms with van der Waals surface area (Å²) in [7, 11) is 3.62. The van der Waals surface area contributed by atoms with Crippen LogP contribution in [0.1, 0.15) is 16.8 Å². The molecule has 1 aliphatic heterocycles. The van der Waals surface area contributed by atoms with Crippen LogP contribution in [0.25, 0.3) is 0 Å². The van der Waals surface area contributed by atoms with Crippen molar-refractivity contribution in [2.24, 2.45) is 0 Å². The summed E-state index contributed by atoms with van der Waals surface area (Å²) >= 11 is 12.5. The Morgan fingerprint density at radius 1 is 0.978 bits per heavy atom. The number of nitrogens with zero attached hydrogens (tertiary/aromatic N) is 4. The van der Waals surface area contributed by atoms with Gasteiger partial charge in [0.15, 0.2) is 23.1 Å². The third kappa shape index (κ3) is 8.52. The Morgan fingerprint density at radius 3 is 2.42 bits per heavy atom. The van der Waals surface area contributed by atoms with Gasteiger partial charge in [0.1, 0.15) is 5.56 Å². The number of nitrogens with one attached hydrogen (secondary N) is 2. The average molecular weight is 656 g/mol. The molecule has 0 radical (unpaired) electrons. The minimum absolute atomic E-state index is 0.00561. The van der Waals surface area contributed by atoms with E-state index in [1.165, 1.54) is 19.4 Å². The van der Waals surface area contributed by atoms with Gasteiger partial charge in [-0.2, -0.15) is 4.98 Å². The van der Waals surface area contributed by atoms with E-state index in [1.807, 2.05) is 0 Å². The lowest BCUT2D eigenvalue weighted by molar-refractivity contribution is 0.102. The Bertz CT molecular complexity index is 1620. The first kappa shape index (κ1) is 32.2. The number of rotatable bonds is 12. The van der Waals surface area contributed by atoms with Gasteiger partial charge in [0.05, 0.1) is 29.4 Å². The molecule has 4 aromatic rings. The summed E-state index contributed by atoms with van der Waals surface area (Å²) in [4.78, 5) is 26.7. The molecule has 1 saturated heterocycles. The maximum atomic E-state index is 14.9. The molecule has 0 spiro atoms. The summed E-state index contributed by atoms with van der Waals surface area (Å²) in [6.45, 7) is 5.47. The standard InChI is InChI=1S/C32H33Cl2FN6O4/c1-40-14-16-41(17-15-40)13-6-18-44-26-12-11-21(19-25(26)35)37-32-36-20-22(30(42)38-29-23(33)7-5-8-24(29)34)31(39-32)45-28-10-4-3-9-27(28)43-2/h3-5,7-12,19-20H,6,13-18H2,1-2H3,(H,38,42)(H,36,37,39). The van der Waals surface area contributed by atoms with Crippen molar-refractivity contribution in [2.45, 2.75) is 6.42 Å². The molecule has 13 heteroatoms. The van der Waals surface area contributed by atoms with Crippen molar-refractivity contribution >= 4 is 46.4 Å². The highest BCUT2D eigenvalue weighted by Gasteiger charge is 2.21. The van der Waals surface area contributed by atoms with Crippen LogP contribution in [0.4, 0.5) is 21.7 Å². The van der Waals surface area contributed by atoms with Crippen LogP contribution >= 0.6 is 23.2 Å². The lowest BCUT2D eigenvalue weighted by Crippen LogP contribution is -2.44. The van der Waals surface area contributed by atoms with E-state index in [0.29, 0.717) is 23.8 Å². The quantitative estimate of drug-likeness (QED) is 0.161. The fourth-order valence-corrected chi connectivity index (χ4v) is 5.12. The lowest BCUT2D eigenvalue weighted by atomic mass is 10.2. The average Bonchev–Trinajstić information content (AvgIpc) is 3.03. The SMILES string of the molecule is COc1ccccc1Oc1nc(Nc2ccc(OCCCN3CCN(C)CC3)c(F)c2)ncc1C(=O)Nc1c(Cl)cccc1Cl. The van der Waals surface area contributed by atoms with Crippen molar-refractivity contribution in [3.63, 3.8) is 0 Å². The van der Waals surface area contributed by atoms with E-state index in [2.05, 4.69) is 37.4 Å². The zero-order valence-electron chi connectivity index (χ0n) is 24.9. The number of halogens is 3. The van der Waals surface area contributed by atoms with Gasteiger partial charge in [-0.05, 0) is 49.9 Å². The van der Waals surface area contributed by atoms with Crippen LogP contribution in [0.3, 0.4) is 0 Å². The molecular weight excluding hydrogens is 622 g/mol. The first-order valence-corrected chi connectivity index (χ1v) is 15.1. The molecule has 45 heavy (non-hydrogen) atoms. The van der Waals surface area contributed by atoms with Crippen molar-refractivity contribution in [3.8, 4) is 23.1 Å². The number of ether oxygens (including phenoxy) is 3. The second kappa shape index (κ2) is 15.2. The monoisotopic (exact) mass is 654 g/mol. The van der Waals surface area contributed by atoms with Gasteiger partial charge in [-0.25, -0.2) is 9.37 Å². The second-order valence-corrected chi connectivity index (χ2v) is 11.1. The summed E-state index contributed by atoms with van der Waals surface area (Å²) < 4.78 is 32.1. The van der Waals surface area contributed by atoms with Crippen LogP contribution in [0.2, 0.25) is 10.0 Å². The topological polar surface area (TPSA) is 101 Å². The van der Waals surface area contributed by atoms with Gasteiger partial charge in [-0.15, -0.1) is 0 Å². The number of hydrogen-bond donors (Lipinski definition) is 2. The van der Waals surface area contributed by atoms with Crippen LogP contribution in [-0.4, -0.2) is 79.2 Å². The number of piperazine rings is 1. The van der Waals surface area contributed by atoms with Gasteiger partial charge in [0, 0.05) is 50.7 Å². The first-order valence-electron chi connectivity index (χ1n) is 14.3. The van der Waals surface area contributed by atoms with Crippen LogP contribution in [0, 0.1) is 5.82 Å². The molecule has 2 heterocycles. The van der Waals surface area contributed by atoms with E-state index in [-0.39, 0.29) is 38.9 Å². The van der Waals surface area contributed by atoms with Gasteiger partial charge in [-0.1, -0.05) is 41.4 Å². The number of likely N-dealkylation sites (N-methyl/N-ethyl adjacent to an activating group) is 1. The van der Waals surface area contributed by atoms with Crippen LogP contribution < -0.4 is 24.8 Å². The van der Waals surface area contributed by atoms with Gasteiger partial charge in [0.25, 0.3) is 5.91 Å². The largest absolute Gasteiger partial charge is 0.493 e. The second-order valence-electron chi connectivity index (χ2n) is 10.3. The van der Waals surface area contributed by atoms with Gasteiger partial charge in [0.2, 0.25) is 11.8 Å². The van der Waals surface area contributed by atoms with Crippen LogP contribution in [-0.2, 0) is 0 Å². The maximum Gasteiger partial charge on any atom is 0.262 e. The fourth-order valence-electron chi connectivity index (χ4n) is 4.63. The Kier molecular flexibility index (Phi) is 10.9. The van der Waals surface area contributed by atoms with E-state index < -0.39 is 11.7 Å². The van der Waals surface area contributed by atoms with Crippen molar-refractivity contribution in [3.05, 3.63) is 88.3 Å². The molecule has 1 amide bonds. The number of anilines is 3. The summed E-state index contributed by atoms with van der Waals surface area (Å²) in [5.74, 6) is -0.266. The van der Waals surface area contributed by atoms with Crippen molar-refractivity contribution < 1.29 is 23.4 Å². The summed E-state index contributed by atoms with van der Waals surface area (Å²) in [5.41, 5.74) is 0.600. The molecule has 1 aromatic heterocycles. The molecule has 0 bridgehead atoms. The van der Waals surface area contributed by atoms with Crippen molar-refractivity contribution in [1.29, 1.82) is 0 Å². The first-order chi connectivity index (χ1) is 21.8. The molecule has 5 rings (SSSR count). The molecule has 2 N–H and O–H groups in total. The zero-order valence-corrected chi connectivity index (χ0v) is 26.4. The summed E-state index contributed by atoms with van der Waals surface area (Å²) in [6, 6.07) is 16.3. The Hall–Kier alpha value is -4.16. The third-order valence-corrected chi connectivity index (χ3v) is 7.77. The number of hydrogen-bond acceptors (Lipinski definition) is 9. The van der Waals surface area contributed by atoms with Crippen molar-refractivity contribution in [2.75, 3.05) is 64.1 Å². The maximum absolute atomic E-state index is 14.9. The molecule has 236 valence electrons. The van der Waals surface area contributed by atoms with Gasteiger partial charge >= 0.3 is 0 Å². The molecule has 0 atom stereocenters. The summed E-state index contributed by atoms with van der Waals surface area (Å²) in [6.07, 6.45) is 2.09. The molecule has 10 nitrogen and oxygen atoms in total. The van der Waals surface area contributed by atoms with E-state index in [4.69, 9.17) is 37.4 Å². The van der Waals surface area contributed by atoms with E-state index in [0.717, 1.165) is 39.1 Å². The molecule has 0 unspecified atom stereocenters. The number of carbonyl (C=O) groups is 1. The number of carbonyl (C=O) groups excluding carboxylic acids is 1. The highest BCUT2D eigenvalue weighted by Crippen LogP contribution is 2.34. The number of amides is 1. The van der Waals surface area contributed by atoms with Crippen LogP contribution in [0.15, 0.2) is 66.9 Å². The van der Waals surface area contributed by atoms with E-state index in [1.54, 1.807) is 54.6 Å². The number of para-hydroxylation sites is 3. The minimum atomic E-state index is -0.610. The van der Waals surface area contributed by atoms with Crippen molar-refractivity contribution in [1.82, 2.24) is 19.8 Å². The van der Waals surface area contributed by atoms with E-state index in [9.17, 15) is 9.18 Å². The lowest BCUT2D eigenvalue weighted by Gasteiger charge is -2.32. The zero-order chi connectivity index (χ0) is 31.8. The van der Waals surface area contributed by atoms with Gasteiger partial charge in [-0.3, -0.25) is 4.79 Å². The van der Waals surface area contributed by atoms with Crippen LogP contribution in [0.5, 0.6) is 23.1 Å². The molecule has 1 aliphatic rings. The van der Waals surface area contributed by atoms with E-state index >= 15 is 0 Å². The Labute approximate surface area is 271 Å². The molecular formula is C32H33Cl2FN6O4. The normalized spacial score (nSPS) is 13.7. The highest BCUT2D eigenvalue weighted by molar-refractivity contribution is 6.40. The highest BCUT2D eigenvalue weighted by atomic mass is 35.5. The number of benzene rings is 3. The minimum Gasteiger partial charge on any atom is -0.493 e. The molecule has 0 aliphatic carbocycles. The predicted octanol–water partition coefficient (Wildman–Crippen LogP) is 6.74. The summed E-state index contributed by atoms with van der Waals surface area (Å²) in [5, 5.41) is 6.16. The number of methoxy groups -OCH3 is 1. The smallest absolute Gasteiger partial charge is 0.262 e. The third-order valence-electron chi connectivity index (χ3n) is 7.14. The van der Waals surface area contributed by atoms with Gasteiger partial charge < -0.3 is 34.6 Å². The molecule has 1 fully saturated rings. The Balaban J connectivity index is 1.30. The Morgan fingerprint density at radius 2 is 1.71 bits per heavy atom. The molecule has 3 aromatic carbocycles. The predicted molar refractivity (Wildman–Crippen MR) is 173 cm³/mol. The molecule has 0 saturated carbocycles. The number of aromatic nitrogens is 2.